The Morgan fingerprint density at radius 2 is 2.07 bits per heavy atom. The van der Waals surface area contributed by atoms with Gasteiger partial charge in [0.1, 0.15) is 5.82 Å². The van der Waals surface area contributed by atoms with E-state index in [2.05, 4.69) is 10.2 Å². The molecule has 0 aromatic heterocycles. The largest absolute Gasteiger partial charge is 0.370 e. The normalized spacial score (nSPS) is 22.4. The summed E-state index contributed by atoms with van der Waals surface area (Å²) in [5.74, 6) is -0.332. The van der Waals surface area contributed by atoms with Crippen LogP contribution in [-0.4, -0.2) is 26.2 Å². The third-order valence-corrected chi connectivity index (χ3v) is 3.63. The number of anilines is 1. The van der Waals surface area contributed by atoms with Gasteiger partial charge in [-0.15, -0.1) is 0 Å². The second kappa shape index (κ2) is 3.09. The molecule has 0 aliphatic carbocycles. The summed E-state index contributed by atoms with van der Waals surface area (Å²) >= 11 is 5.64. The van der Waals surface area contributed by atoms with E-state index in [1.54, 1.807) is 6.07 Å². The van der Waals surface area contributed by atoms with E-state index in [4.69, 9.17) is 11.6 Å². The topological polar surface area (TPSA) is 15.3 Å². The number of hydrogen-bond donors (Lipinski definition) is 1. The van der Waals surface area contributed by atoms with Crippen LogP contribution in [0.2, 0.25) is 5.02 Å². The van der Waals surface area contributed by atoms with Gasteiger partial charge in [0.2, 0.25) is 0 Å². The van der Waals surface area contributed by atoms with Gasteiger partial charge >= 0.3 is 0 Å². The molecule has 2 heterocycles. The van der Waals surface area contributed by atoms with Crippen LogP contribution in [0.1, 0.15) is 0 Å². The summed E-state index contributed by atoms with van der Waals surface area (Å²) in [6.45, 7) is 4.25. The van der Waals surface area contributed by atoms with Crippen LogP contribution in [-0.2, 0) is 0 Å². The van der Waals surface area contributed by atoms with Gasteiger partial charge in [-0.2, -0.15) is 0 Å². The SMILES string of the molecule is Fc1cc(N2CC3(CNC3)C2)ccc1Cl. The molecule has 3 rings (SSSR count). The lowest BCUT2D eigenvalue weighted by atomic mass is 9.74. The molecule has 2 aliphatic rings. The molecule has 1 aromatic rings. The van der Waals surface area contributed by atoms with Crippen LogP contribution in [0.5, 0.6) is 0 Å². The van der Waals surface area contributed by atoms with E-state index in [1.165, 1.54) is 6.07 Å². The van der Waals surface area contributed by atoms with E-state index in [1.807, 2.05) is 6.07 Å². The van der Waals surface area contributed by atoms with Crippen LogP contribution < -0.4 is 10.2 Å². The Bertz CT molecular complexity index is 396. The minimum Gasteiger partial charge on any atom is -0.370 e. The summed E-state index contributed by atoms with van der Waals surface area (Å²) in [6, 6.07) is 5.02. The van der Waals surface area contributed by atoms with E-state index in [-0.39, 0.29) is 10.8 Å². The molecule has 0 unspecified atom stereocenters. The van der Waals surface area contributed by atoms with E-state index in [9.17, 15) is 4.39 Å². The average molecular weight is 227 g/mol. The Kier molecular flexibility index (Phi) is 1.94. The van der Waals surface area contributed by atoms with Gasteiger partial charge in [0.25, 0.3) is 0 Å². The van der Waals surface area contributed by atoms with Crippen molar-refractivity contribution in [2.75, 3.05) is 31.1 Å². The first kappa shape index (κ1) is 9.43. The molecule has 15 heavy (non-hydrogen) atoms. The zero-order chi connectivity index (χ0) is 10.5. The third kappa shape index (κ3) is 1.42. The second-order valence-corrected chi connectivity index (χ2v) is 4.97. The molecule has 2 saturated heterocycles. The molecule has 0 bridgehead atoms. The number of nitrogens with zero attached hydrogens (tertiary/aromatic N) is 1. The molecule has 1 aromatic carbocycles. The predicted molar refractivity (Wildman–Crippen MR) is 58.9 cm³/mol. The van der Waals surface area contributed by atoms with Crippen molar-refractivity contribution in [3.8, 4) is 0 Å². The average Bonchev–Trinajstić information content (AvgIpc) is 2.06. The van der Waals surface area contributed by atoms with E-state index in [0.717, 1.165) is 31.9 Å². The summed E-state index contributed by atoms with van der Waals surface area (Å²) in [5, 5.41) is 3.47. The molecule has 2 aliphatic heterocycles. The molecule has 0 atom stereocenters. The molecule has 0 radical (unpaired) electrons. The quantitative estimate of drug-likeness (QED) is 0.787. The maximum Gasteiger partial charge on any atom is 0.143 e. The van der Waals surface area contributed by atoms with Crippen LogP contribution >= 0.6 is 11.6 Å². The number of nitrogens with one attached hydrogen (secondary N) is 1. The molecule has 2 nitrogen and oxygen atoms in total. The standard InChI is InChI=1S/C11H12ClFN2/c12-9-2-1-8(3-10(9)13)15-6-11(7-15)4-14-5-11/h1-3,14H,4-7H2. The fourth-order valence-corrected chi connectivity index (χ4v) is 2.45. The first-order valence-corrected chi connectivity index (χ1v) is 5.47. The maximum atomic E-state index is 13.2. The van der Waals surface area contributed by atoms with E-state index < -0.39 is 0 Å². The molecule has 1 N–H and O–H groups in total. The van der Waals surface area contributed by atoms with Crippen LogP contribution in [0.25, 0.3) is 0 Å². The van der Waals surface area contributed by atoms with Gasteiger partial charge in [-0.05, 0) is 18.2 Å². The Balaban J connectivity index is 1.75. The van der Waals surface area contributed by atoms with Gasteiger partial charge in [-0.1, -0.05) is 11.6 Å². The van der Waals surface area contributed by atoms with E-state index >= 15 is 0 Å². The first-order valence-electron chi connectivity index (χ1n) is 5.09. The molecule has 0 saturated carbocycles. The van der Waals surface area contributed by atoms with Gasteiger partial charge in [-0.25, -0.2) is 4.39 Å². The zero-order valence-corrected chi connectivity index (χ0v) is 9.02. The van der Waals surface area contributed by atoms with E-state index in [0.29, 0.717) is 5.41 Å². The van der Waals surface area contributed by atoms with Crippen molar-refractivity contribution in [2.24, 2.45) is 5.41 Å². The maximum absolute atomic E-state index is 13.2. The Morgan fingerprint density at radius 3 is 2.60 bits per heavy atom. The van der Waals surface area contributed by atoms with Gasteiger partial charge in [0.15, 0.2) is 0 Å². The number of benzene rings is 1. The monoisotopic (exact) mass is 226 g/mol. The fourth-order valence-electron chi connectivity index (χ4n) is 2.33. The van der Waals surface area contributed by atoms with Gasteiger partial charge in [0, 0.05) is 37.3 Å². The number of halogens is 2. The highest BCUT2D eigenvalue weighted by molar-refractivity contribution is 6.30. The van der Waals surface area contributed by atoms with Crippen molar-refractivity contribution in [1.82, 2.24) is 5.32 Å². The second-order valence-electron chi connectivity index (χ2n) is 4.56. The molecule has 0 amide bonds. The Hall–Kier alpha value is -0.800. The molecule has 2 fully saturated rings. The Labute approximate surface area is 93.0 Å². The van der Waals surface area contributed by atoms with Gasteiger partial charge < -0.3 is 10.2 Å². The summed E-state index contributed by atoms with van der Waals surface area (Å²) in [6.07, 6.45) is 0. The smallest absolute Gasteiger partial charge is 0.143 e. The zero-order valence-electron chi connectivity index (χ0n) is 8.26. The third-order valence-electron chi connectivity index (χ3n) is 3.32. The van der Waals surface area contributed by atoms with Gasteiger partial charge in [-0.3, -0.25) is 0 Å². The van der Waals surface area contributed by atoms with Crippen LogP contribution in [0.3, 0.4) is 0 Å². The lowest BCUT2D eigenvalue weighted by Crippen LogP contribution is -2.71. The molecular formula is C11H12ClFN2. The van der Waals surface area contributed by atoms with Crippen LogP contribution in [0.15, 0.2) is 18.2 Å². The number of rotatable bonds is 1. The highest BCUT2D eigenvalue weighted by Gasteiger charge is 2.47. The predicted octanol–water partition coefficient (Wildman–Crippen LogP) is 1.89. The highest BCUT2D eigenvalue weighted by Crippen LogP contribution is 2.37. The van der Waals surface area contributed by atoms with Crippen molar-refractivity contribution in [3.63, 3.8) is 0 Å². The Morgan fingerprint density at radius 1 is 1.33 bits per heavy atom. The van der Waals surface area contributed by atoms with Crippen molar-refractivity contribution in [2.45, 2.75) is 0 Å². The minimum atomic E-state index is -0.332. The molecule has 4 heteroatoms. The first-order chi connectivity index (χ1) is 7.19. The van der Waals surface area contributed by atoms with Crippen LogP contribution in [0.4, 0.5) is 10.1 Å². The van der Waals surface area contributed by atoms with Crippen LogP contribution in [0, 0.1) is 11.2 Å². The molecular weight excluding hydrogens is 215 g/mol. The van der Waals surface area contributed by atoms with Crippen molar-refractivity contribution in [1.29, 1.82) is 0 Å². The van der Waals surface area contributed by atoms with Crippen molar-refractivity contribution >= 4 is 17.3 Å². The molecule has 1 spiro atoms. The summed E-state index contributed by atoms with van der Waals surface area (Å²) in [7, 11) is 0. The summed E-state index contributed by atoms with van der Waals surface area (Å²) in [4.78, 5) is 2.19. The summed E-state index contributed by atoms with van der Waals surface area (Å²) < 4.78 is 13.2. The fraction of sp³-hybridized carbons (Fsp3) is 0.455. The minimum absolute atomic E-state index is 0.194. The molecule has 80 valence electrons. The van der Waals surface area contributed by atoms with Crippen molar-refractivity contribution < 1.29 is 4.39 Å². The highest BCUT2D eigenvalue weighted by atomic mass is 35.5. The number of hydrogen-bond acceptors (Lipinski definition) is 2. The lowest BCUT2D eigenvalue weighted by molar-refractivity contribution is 0.121. The van der Waals surface area contributed by atoms with Gasteiger partial charge in [0.05, 0.1) is 5.02 Å². The van der Waals surface area contributed by atoms with Crippen molar-refractivity contribution in [3.05, 3.63) is 29.0 Å². The summed E-state index contributed by atoms with van der Waals surface area (Å²) in [5.41, 5.74) is 1.41. The lowest BCUT2D eigenvalue weighted by Gasteiger charge is -2.57.